The molecule has 0 aliphatic rings. The normalized spacial score (nSPS) is 10.3. The van der Waals surface area contributed by atoms with Crippen LogP contribution in [0.2, 0.25) is 5.02 Å². The number of benzene rings is 1. The molecule has 1 radical (unpaired) electrons. The van der Waals surface area contributed by atoms with Gasteiger partial charge in [-0.15, -0.1) is 0 Å². The lowest BCUT2D eigenvalue weighted by molar-refractivity contribution is 1.20. The minimum absolute atomic E-state index is 0.768. The summed E-state index contributed by atoms with van der Waals surface area (Å²) in [7, 11) is 0. The summed E-state index contributed by atoms with van der Waals surface area (Å²) < 4.78 is 0. The van der Waals surface area contributed by atoms with Crippen LogP contribution in [0.3, 0.4) is 0 Å². The molecular weight excluding hydrogens is 206 g/mol. The van der Waals surface area contributed by atoms with E-state index < -0.39 is 0 Å². The Hall–Kier alpha value is -1.34. The van der Waals surface area contributed by atoms with Gasteiger partial charge in [-0.1, -0.05) is 29.8 Å². The molecule has 1 nitrogen and oxygen atoms in total. The van der Waals surface area contributed by atoms with Crippen molar-refractivity contribution in [2.75, 3.05) is 0 Å². The Bertz CT molecular complexity index is 492. The molecule has 0 spiro atoms. The first-order valence-electron chi connectivity index (χ1n) is 4.79. The fourth-order valence-corrected chi connectivity index (χ4v) is 1.66. The maximum Gasteiger partial charge on any atom is 0.0787 e. The minimum Gasteiger partial charge on any atom is -0.252 e. The molecule has 1 heterocycles. The molecule has 0 fully saturated rings. The standard InChI is InChI=1S/C13H11ClN/c1-9-5-3-8-13(15-9)11-6-4-7-12(14)10(11)2/h3-7H,1-2H3. The highest BCUT2D eigenvalue weighted by molar-refractivity contribution is 6.31. The number of hydrogen-bond donors (Lipinski definition) is 0. The summed E-state index contributed by atoms with van der Waals surface area (Å²) in [5.41, 5.74) is 3.94. The van der Waals surface area contributed by atoms with Crippen LogP contribution in [-0.2, 0) is 0 Å². The first-order valence-corrected chi connectivity index (χ1v) is 5.17. The topological polar surface area (TPSA) is 12.9 Å². The maximum absolute atomic E-state index is 6.06. The van der Waals surface area contributed by atoms with Gasteiger partial charge in [0, 0.05) is 22.3 Å². The first kappa shape index (κ1) is 10.2. The van der Waals surface area contributed by atoms with Gasteiger partial charge in [-0.25, -0.2) is 0 Å². The number of rotatable bonds is 1. The zero-order valence-electron chi connectivity index (χ0n) is 8.71. The van der Waals surface area contributed by atoms with Gasteiger partial charge in [-0.05, 0) is 31.5 Å². The highest BCUT2D eigenvalue weighted by atomic mass is 35.5. The molecule has 0 saturated carbocycles. The second kappa shape index (κ2) is 4.03. The van der Waals surface area contributed by atoms with Crippen LogP contribution in [0.5, 0.6) is 0 Å². The third-order valence-electron chi connectivity index (χ3n) is 2.36. The number of aromatic nitrogens is 1. The summed E-state index contributed by atoms with van der Waals surface area (Å²) in [4.78, 5) is 4.43. The van der Waals surface area contributed by atoms with Gasteiger partial charge in [-0.3, -0.25) is 4.98 Å². The van der Waals surface area contributed by atoms with Crippen molar-refractivity contribution < 1.29 is 0 Å². The van der Waals surface area contributed by atoms with Gasteiger partial charge in [-0.2, -0.15) is 0 Å². The third-order valence-corrected chi connectivity index (χ3v) is 2.77. The number of pyridine rings is 1. The van der Waals surface area contributed by atoms with Crippen molar-refractivity contribution in [3.05, 3.63) is 52.7 Å². The molecule has 15 heavy (non-hydrogen) atoms. The van der Waals surface area contributed by atoms with E-state index in [1.54, 1.807) is 0 Å². The lowest BCUT2D eigenvalue weighted by atomic mass is 10.1. The van der Waals surface area contributed by atoms with Crippen LogP contribution >= 0.6 is 11.6 Å². The summed E-state index contributed by atoms with van der Waals surface area (Å²) in [6.07, 6.45) is 0. The fraction of sp³-hybridized carbons (Fsp3) is 0.154. The van der Waals surface area contributed by atoms with Gasteiger partial charge >= 0.3 is 0 Å². The quantitative estimate of drug-likeness (QED) is 0.706. The summed E-state index contributed by atoms with van der Waals surface area (Å²) in [6.45, 7) is 3.97. The van der Waals surface area contributed by atoms with E-state index in [4.69, 9.17) is 11.6 Å². The Morgan fingerprint density at radius 2 is 2.00 bits per heavy atom. The zero-order valence-corrected chi connectivity index (χ0v) is 9.47. The molecule has 0 bridgehead atoms. The minimum atomic E-state index is 0.768. The van der Waals surface area contributed by atoms with E-state index in [2.05, 4.69) is 11.1 Å². The van der Waals surface area contributed by atoms with Crippen molar-refractivity contribution in [1.29, 1.82) is 0 Å². The van der Waals surface area contributed by atoms with Gasteiger partial charge in [0.15, 0.2) is 0 Å². The summed E-state index contributed by atoms with van der Waals surface area (Å²) in [5, 5.41) is 0.768. The van der Waals surface area contributed by atoms with Crippen LogP contribution in [-0.4, -0.2) is 4.98 Å². The van der Waals surface area contributed by atoms with Crippen LogP contribution < -0.4 is 0 Å². The predicted molar refractivity (Wildman–Crippen MR) is 63.0 cm³/mol. The van der Waals surface area contributed by atoms with Crippen molar-refractivity contribution in [1.82, 2.24) is 4.98 Å². The Balaban J connectivity index is 2.59. The second-order valence-electron chi connectivity index (χ2n) is 3.49. The molecule has 2 heteroatoms. The molecule has 2 rings (SSSR count). The van der Waals surface area contributed by atoms with E-state index in [1.165, 1.54) is 0 Å². The van der Waals surface area contributed by atoms with E-state index in [1.807, 2.05) is 44.2 Å². The van der Waals surface area contributed by atoms with Crippen molar-refractivity contribution in [2.45, 2.75) is 13.8 Å². The maximum atomic E-state index is 6.06. The molecule has 0 saturated heterocycles. The molecule has 0 aliphatic heterocycles. The molecular formula is C13H11ClN. The lowest BCUT2D eigenvalue weighted by Crippen LogP contribution is -1.89. The van der Waals surface area contributed by atoms with E-state index in [9.17, 15) is 0 Å². The van der Waals surface area contributed by atoms with Gasteiger partial charge in [0.05, 0.1) is 5.69 Å². The van der Waals surface area contributed by atoms with Crippen molar-refractivity contribution in [3.8, 4) is 11.3 Å². The van der Waals surface area contributed by atoms with Gasteiger partial charge in [0.1, 0.15) is 0 Å². The number of halogens is 1. The van der Waals surface area contributed by atoms with Crippen molar-refractivity contribution >= 4 is 11.6 Å². The Morgan fingerprint density at radius 1 is 1.20 bits per heavy atom. The Labute approximate surface area is 94.7 Å². The molecule has 1 aromatic carbocycles. The van der Waals surface area contributed by atoms with E-state index in [0.29, 0.717) is 0 Å². The number of nitrogens with zero attached hydrogens (tertiary/aromatic N) is 1. The monoisotopic (exact) mass is 216 g/mol. The predicted octanol–water partition coefficient (Wildman–Crippen LogP) is 3.82. The van der Waals surface area contributed by atoms with Crippen molar-refractivity contribution in [3.63, 3.8) is 0 Å². The number of hydrogen-bond acceptors (Lipinski definition) is 1. The Morgan fingerprint density at radius 3 is 2.73 bits per heavy atom. The first-order chi connectivity index (χ1) is 7.18. The third kappa shape index (κ3) is 2.02. The molecule has 0 amide bonds. The lowest BCUT2D eigenvalue weighted by Gasteiger charge is -2.06. The molecule has 0 aliphatic carbocycles. The molecule has 75 valence electrons. The van der Waals surface area contributed by atoms with Gasteiger partial charge in [0.25, 0.3) is 0 Å². The zero-order chi connectivity index (χ0) is 10.8. The van der Waals surface area contributed by atoms with Crippen LogP contribution in [0.15, 0.2) is 30.3 Å². The summed E-state index contributed by atoms with van der Waals surface area (Å²) in [6, 6.07) is 12.8. The smallest absolute Gasteiger partial charge is 0.0787 e. The van der Waals surface area contributed by atoms with E-state index in [0.717, 1.165) is 27.5 Å². The van der Waals surface area contributed by atoms with E-state index >= 15 is 0 Å². The van der Waals surface area contributed by atoms with Crippen LogP contribution in [0, 0.1) is 19.9 Å². The molecule has 0 unspecified atom stereocenters. The average molecular weight is 217 g/mol. The largest absolute Gasteiger partial charge is 0.252 e. The molecule has 1 aromatic heterocycles. The molecule has 0 atom stereocenters. The average Bonchev–Trinajstić information content (AvgIpc) is 2.22. The van der Waals surface area contributed by atoms with Gasteiger partial charge < -0.3 is 0 Å². The van der Waals surface area contributed by atoms with E-state index in [-0.39, 0.29) is 0 Å². The fourth-order valence-electron chi connectivity index (χ4n) is 1.49. The summed E-state index contributed by atoms with van der Waals surface area (Å²) in [5.74, 6) is 0. The SMILES string of the molecule is Cc1cc[c]c(-c2cccc(Cl)c2C)n1. The highest BCUT2D eigenvalue weighted by Gasteiger charge is 2.05. The number of aryl methyl sites for hydroxylation is 1. The molecule has 2 aromatic rings. The summed E-state index contributed by atoms with van der Waals surface area (Å²) >= 11 is 6.06. The highest BCUT2D eigenvalue weighted by Crippen LogP contribution is 2.26. The Kier molecular flexibility index (Phi) is 2.74. The van der Waals surface area contributed by atoms with Crippen LogP contribution in [0.1, 0.15) is 11.3 Å². The van der Waals surface area contributed by atoms with Gasteiger partial charge in [0.2, 0.25) is 0 Å². The van der Waals surface area contributed by atoms with Crippen molar-refractivity contribution in [2.24, 2.45) is 0 Å². The van der Waals surface area contributed by atoms with Crippen LogP contribution in [0.4, 0.5) is 0 Å². The van der Waals surface area contributed by atoms with Crippen LogP contribution in [0.25, 0.3) is 11.3 Å². The second-order valence-corrected chi connectivity index (χ2v) is 3.90. The molecule has 0 N–H and O–H groups in total.